The van der Waals surface area contributed by atoms with Crippen LogP contribution in [0.4, 0.5) is 8.78 Å². The summed E-state index contributed by atoms with van der Waals surface area (Å²) in [7, 11) is 1.63. The molecule has 2 aromatic heterocycles. The van der Waals surface area contributed by atoms with Gasteiger partial charge in [-0.3, -0.25) is 19.0 Å². The molecule has 0 bridgehead atoms. The smallest absolute Gasteiger partial charge is 0.272 e. The van der Waals surface area contributed by atoms with E-state index in [0.29, 0.717) is 43.6 Å². The Bertz CT molecular complexity index is 1390. The van der Waals surface area contributed by atoms with Gasteiger partial charge in [0.2, 0.25) is 5.91 Å². The molecule has 1 aromatic carbocycles. The van der Waals surface area contributed by atoms with Gasteiger partial charge in [0.25, 0.3) is 11.5 Å². The van der Waals surface area contributed by atoms with E-state index in [4.69, 9.17) is 9.84 Å². The molecule has 11 heteroatoms. The van der Waals surface area contributed by atoms with Gasteiger partial charge in [0, 0.05) is 31.9 Å². The summed E-state index contributed by atoms with van der Waals surface area (Å²) < 4.78 is 37.8. The number of fused-ring (bicyclic) bond motifs is 1. The van der Waals surface area contributed by atoms with Crippen LogP contribution >= 0.6 is 0 Å². The van der Waals surface area contributed by atoms with Crippen molar-refractivity contribution in [1.82, 2.24) is 19.4 Å². The molecule has 2 N–H and O–H groups in total. The maximum Gasteiger partial charge on any atom is 0.272 e. The molecule has 3 heterocycles. The first kappa shape index (κ1) is 26.3. The van der Waals surface area contributed by atoms with Crippen LogP contribution in [0.15, 0.2) is 29.1 Å². The summed E-state index contributed by atoms with van der Waals surface area (Å²) in [4.78, 5) is 40.5. The minimum absolute atomic E-state index is 0.0449. The van der Waals surface area contributed by atoms with Gasteiger partial charge in [-0.05, 0) is 44.4 Å². The number of pyridine rings is 1. The molecule has 0 spiro atoms. The summed E-state index contributed by atoms with van der Waals surface area (Å²) in [5, 5.41) is 12.1. The quantitative estimate of drug-likeness (QED) is 0.501. The lowest BCUT2D eigenvalue weighted by molar-refractivity contribution is -0.135. The zero-order chi connectivity index (χ0) is 26.9. The molecule has 0 saturated carbocycles. The molecule has 1 saturated heterocycles. The number of carbonyl (C=O) groups excluding carboxylic acids is 2. The molecule has 1 aliphatic rings. The third-order valence-electron chi connectivity index (χ3n) is 6.75. The van der Waals surface area contributed by atoms with E-state index in [2.05, 4.69) is 5.32 Å². The monoisotopic (exact) mass is 516 g/mol. The fraction of sp³-hybridized carbons (Fsp3) is 0.423. The number of hydrogen-bond acceptors (Lipinski definition) is 5. The van der Waals surface area contributed by atoms with Crippen molar-refractivity contribution in [3.05, 3.63) is 57.6 Å². The van der Waals surface area contributed by atoms with Gasteiger partial charge in [0.1, 0.15) is 29.3 Å². The van der Waals surface area contributed by atoms with E-state index < -0.39 is 35.4 Å². The normalized spacial score (nSPS) is 14.3. The summed E-state index contributed by atoms with van der Waals surface area (Å²) >= 11 is 0. The van der Waals surface area contributed by atoms with Gasteiger partial charge in [-0.25, -0.2) is 8.78 Å². The summed E-state index contributed by atoms with van der Waals surface area (Å²) in [5.41, 5.74) is -0.263. The topological polar surface area (TPSA) is 106 Å². The average Bonchev–Trinajstić information content (AvgIpc) is 3.16. The number of piperidine rings is 1. The Balaban J connectivity index is 1.80. The molecule has 1 aliphatic heterocycles. The van der Waals surface area contributed by atoms with Crippen molar-refractivity contribution in [2.45, 2.75) is 39.2 Å². The first-order chi connectivity index (χ1) is 17.7. The number of aliphatic hydroxyl groups excluding tert-OH is 1. The van der Waals surface area contributed by atoms with Crippen molar-refractivity contribution < 1.29 is 28.2 Å². The van der Waals surface area contributed by atoms with Gasteiger partial charge in [-0.2, -0.15) is 0 Å². The lowest BCUT2D eigenvalue weighted by Gasteiger charge is -2.32. The van der Waals surface area contributed by atoms with Gasteiger partial charge in [0.15, 0.2) is 11.4 Å². The number of para-hydroxylation sites is 1. The van der Waals surface area contributed by atoms with Crippen molar-refractivity contribution >= 4 is 22.7 Å². The van der Waals surface area contributed by atoms with E-state index in [1.807, 2.05) is 0 Å². The molecular formula is C26H30F2N4O5. The second kappa shape index (κ2) is 10.7. The van der Waals surface area contributed by atoms with Crippen molar-refractivity contribution in [3.63, 3.8) is 0 Å². The first-order valence-corrected chi connectivity index (χ1v) is 12.3. The molecule has 0 radical (unpaired) electrons. The molecular weight excluding hydrogens is 486 g/mol. The van der Waals surface area contributed by atoms with Crippen LogP contribution in [0.1, 0.15) is 42.9 Å². The van der Waals surface area contributed by atoms with E-state index in [9.17, 15) is 23.2 Å². The van der Waals surface area contributed by atoms with Crippen LogP contribution < -0.4 is 15.6 Å². The summed E-state index contributed by atoms with van der Waals surface area (Å²) in [6.07, 6.45) is 1.32. The Labute approximate surface area is 212 Å². The largest absolute Gasteiger partial charge is 0.491 e. The molecule has 0 aliphatic carbocycles. The van der Waals surface area contributed by atoms with Crippen LogP contribution in [0.2, 0.25) is 0 Å². The second-order valence-corrected chi connectivity index (χ2v) is 8.92. The van der Waals surface area contributed by atoms with Gasteiger partial charge in [-0.1, -0.05) is 13.0 Å². The number of aryl methyl sites for hydroxylation is 2. The maximum atomic E-state index is 14.7. The van der Waals surface area contributed by atoms with Crippen LogP contribution in [-0.4, -0.2) is 63.3 Å². The Morgan fingerprint density at radius 1 is 1.16 bits per heavy atom. The number of nitrogens with one attached hydrogen (secondary N) is 1. The lowest BCUT2D eigenvalue weighted by Crippen LogP contribution is -2.47. The first-order valence-electron chi connectivity index (χ1n) is 12.3. The summed E-state index contributed by atoms with van der Waals surface area (Å²) in [5.74, 6) is -2.53. The van der Waals surface area contributed by atoms with Gasteiger partial charge in [0.05, 0.1) is 12.1 Å². The number of benzene rings is 1. The van der Waals surface area contributed by atoms with Crippen molar-refractivity contribution in [1.29, 1.82) is 0 Å². The Morgan fingerprint density at radius 2 is 1.81 bits per heavy atom. The zero-order valence-corrected chi connectivity index (χ0v) is 21.0. The van der Waals surface area contributed by atoms with Crippen LogP contribution in [-0.2, 0) is 18.3 Å². The number of aliphatic hydroxyl groups is 1. The van der Waals surface area contributed by atoms with E-state index >= 15 is 0 Å². The van der Waals surface area contributed by atoms with Gasteiger partial charge in [-0.15, -0.1) is 0 Å². The van der Waals surface area contributed by atoms with E-state index in [1.165, 1.54) is 6.07 Å². The number of rotatable bonds is 7. The Hall–Kier alpha value is -3.73. The number of likely N-dealkylation sites (tertiary alicyclic amines) is 1. The van der Waals surface area contributed by atoms with Crippen molar-refractivity contribution in [2.24, 2.45) is 7.05 Å². The molecule has 2 amide bonds. The number of carbonyl (C=O) groups is 2. The molecule has 0 unspecified atom stereocenters. The summed E-state index contributed by atoms with van der Waals surface area (Å²) in [6.45, 7) is 3.88. The number of ether oxygens (including phenoxy) is 1. The highest BCUT2D eigenvalue weighted by atomic mass is 19.1. The van der Waals surface area contributed by atoms with Crippen LogP contribution in [0.3, 0.4) is 0 Å². The van der Waals surface area contributed by atoms with E-state index in [1.54, 1.807) is 36.4 Å². The molecule has 9 nitrogen and oxygen atoms in total. The summed E-state index contributed by atoms with van der Waals surface area (Å²) in [6, 6.07) is 4.81. The van der Waals surface area contributed by atoms with Crippen LogP contribution in [0, 0.1) is 11.6 Å². The zero-order valence-electron chi connectivity index (χ0n) is 21.0. The van der Waals surface area contributed by atoms with E-state index in [-0.39, 0.29) is 35.4 Å². The molecule has 37 heavy (non-hydrogen) atoms. The molecule has 1 fully saturated rings. The van der Waals surface area contributed by atoms with Crippen LogP contribution in [0.25, 0.3) is 16.6 Å². The molecule has 4 rings (SSSR count). The SMILES string of the molecule is CCOc1c(C(=O)NC2CCN(C(=O)CO)CC2)n(C)c2cc(CC)n(-c3c(F)cccc3F)c(=O)c12. The Morgan fingerprint density at radius 3 is 2.38 bits per heavy atom. The lowest BCUT2D eigenvalue weighted by atomic mass is 10.0. The highest BCUT2D eigenvalue weighted by Gasteiger charge is 2.30. The average molecular weight is 517 g/mol. The fourth-order valence-electron chi connectivity index (χ4n) is 4.89. The third-order valence-corrected chi connectivity index (χ3v) is 6.75. The second-order valence-electron chi connectivity index (χ2n) is 8.92. The maximum absolute atomic E-state index is 14.7. The number of nitrogens with zero attached hydrogens (tertiary/aromatic N) is 3. The number of amides is 2. The number of halogens is 2. The molecule has 3 aromatic rings. The fourth-order valence-corrected chi connectivity index (χ4v) is 4.89. The molecule has 0 atom stereocenters. The predicted molar refractivity (Wildman–Crippen MR) is 133 cm³/mol. The molecule has 198 valence electrons. The van der Waals surface area contributed by atoms with E-state index in [0.717, 1.165) is 16.7 Å². The Kier molecular flexibility index (Phi) is 7.63. The minimum atomic E-state index is -0.881. The van der Waals surface area contributed by atoms with Gasteiger partial charge < -0.3 is 24.6 Å². The van der Waals surface area contributed by atoms with Crippen molar-refractivity contribution in [3.8, 4) is 11.4 Å². The minimum Gasteiger partial charge on any atom is -0.491 e. The van der Waals surface area contributed by atoms with Crippen molar-refractivity contribution in [2.75, 3.05) is 26.3 Å². The highest BCUT2D eigenvalue weighted by molar-refractivity contribution is 6.04. The highest BCUT2D eigenvalue weighted by Crippen LogP contribution is 2.33. The third kappa shape index (κ3) is 4.71. The van der Waals surface area contributed by atoms with Crippen LogP contribution in [0.5, 0.6) is 5.75 Å². The number of aromatic nitrogens is 2. The number of hydrogen-bond donors (Lipinski definition) is 2. The van der Waals surface area contributed by atoms with Gasteiger partial charge >= 0.3 is 0 Å². The standard InChI is InChI=1S/C26H30F2N4O5/c1-4-16-13-19-21(26(36)32(16)22-17(27)7-6-8-18(22)28)24(37-5-2)23(30(19)3)25(35)29-15-9-11-31(12-10-15)20(34)14-33/h6-8,13,15,33H,4-5,9-12,14H2,1-3H3,(H,29,35). The predicted octanol–water partition coefficient (Wildman–Crippen LogP) is 2.28.